The van der Waals surface area contributed by atoms with Crippen LogP contribution in [0.5, 0.6) is 0 Å². The number of nitrogens with one attached hydrogen (secondary N) is 2. The predicted molar refractivity (Wildman–Crippen MR) is 68.7 cm³/mol. The molecule has 2 atom stereocenters. The fraction of sp³-hybridized carbons (Fsp3) is 1.00. The average Bonchev–Trinajstić information content (AvgIpc) is 2.84. The molecule has 0 aromatic heterocycles. The standard InChI is InChI=1S/C13H27N3/c1-12(16-7-2-3-8-16)9-15-11-13-5-4-6-14-10-13/h12-15H,2-11H2,1H3. The molecule has 0 spiro atoms. The van der Waals surface area contributed by atoms with E-state index in [1.807, 2.05) is 0 Å². The van der Waals surface area contributed by atoms with Crippen LogP contribution in [0.4, 0.5) is 0 Å². The largest absolute Gasteiger partial charge is 0.316 e. The molecule has 94 valence electrons. The van der Waals surface area contributed by atoms with Crippen molar-refractivity contribution in [3.63, 3.8) is 0 Å². The fourth-order valence-electron chi connectivity index (χ4n) is 2.91. The lowest BCUT2D eigenvalue weighted by atomic mass is 10.00. The fourth-order valence-corrected chi connectivity index (χ4v) is 2.91. The molecule has 2 fully saturated rings. The topological polar surface area (TPSA) is 27.3 Å². The summed E-state index contributed by atoms with van der Waals surface area (Å²) >= 11 is 0. The third kappa shape index (κ3) is 3.72. The van der Waals surface area contributed by atoms with E-state index in [9.17, 15) is 0 Å². The van der Waals surface area contributed by atoms with Crippen LogP contribution in [0.1, 0.15) is 32.6 Å². The summed E-state index contributed by atoms with van der Waals surface area (Å²) in [5, 5.41) is 7.13. The van der Waals surface area contributed by atoms with Gasteiger partial charge in [-0.3, -0.25) is 4.90 Å². The first-order valence-electron chi connectivity index (χ1n) is 7.02. The summed E-state index contributed by atoms with van der Waals surface area (Å²) in [5.41, 5.74) is 0. The van der Waals surface area contributed by atoms with E-state index < -0.39 is 0 Å². The molecule has 2 aliphatic rings. The normalized spacial score (nSPS) is 29.4. The van der Waals surface area contributed by atoms with Gasteiger partial charge in [-0.2, -0.15) is 0 Å². The molecule has 0 saturated carbocycles. The third-order valence-corrected chi connectivity index (χ3v) is 4.04. The van der Waals surface area contributed by atoms with Crippen LogP contribution in [-0.4, -0.2) is 50.2 Å². The Morgan fingerprint density at radius 2 is 2.12 bits per heavy atom. The first-order valence-corrected chi connectivity index (χ1v) is 7.02. The van der Waals surface area contributed by atoms with Gasteiger partial charge in [0.2, 0.25) is 0 Å². The highest BCUT2D eigenvalue weighted by Gasteiger charge is 2.18. The zero-order valence-electron chi connectivity index (χ0n) is 10.7. The Morgan fingerprint density at radius 1 is 1.31 bits per heavy atom. The van der Waals surface area contributed by atoms with Gasteiger partial charge in [0.05, 0.1) is 0 Å². The summed E-state index contributed by atoms with van der Waals surface area (Å²) in [6.45, 7) is 9.78. The van der Waals surface area contributed by atoms with Gasteiger partial charge in [0.15, 0.2) is 0 Å². The molecule has 2 unspecified atom stereocenters. The minimum atomic E-state index is 0.721. The molecular weight excluding hydrogens is 198 g/mol. The Hall–Kier alpha value is -0.120. The van der Waals surface area contributed by atoms with Crippen molar-refractivity contribution < 1.29 is 0 Å². The summed E-state index contributed by atoms with van der Waals surface area (Å²) < 4.78 is 0. The molecular formula is C13H27N3. The van der Waals surface area contributed by atoms with Crippen LogP contribution in [0, 0.1) is 5.92 Å². The van der Waals surface area contributed by atoms with Crippen molar-refractivity contribution in [2.45, 2.75) is 38.6 Å². The van der Waals surface area contributed by atoms with Gasteiger partial charge < -0.3 is 10.6 Å². The van der Waals surface area contributed by atoms with Crippen molar-refractivity contribution in [3.8, 4) is 0 Å². The molecule has 0 aromatic carbocycles. The first kappa shape index (κ1) is 12.3. The second kappa shape index (κ2) is 6.58. The summed E-state index contributed by atoms with van der Waals surface area (Å²) in [7, 11) is 0. The molecule has 2 rings (SSSR count). The van der Waals surface area contributed by atoms with Gasteiger partial charge >= 0.3 is 0 Å². The van der Waals surface area contributed by atoms with Crippen LogP contribution >= 0.6 is 0 Å². The Morgan fingerprint density at radius 3 is 2.81 bits per heavy atom. The van der Waals surface area contributed by atoms with Crippen molar-refractivity contribution in [2.75, 3.05) is 39.3 Å². The predicted octanol–water partition coefficient (Wildman–Crippen LogP) is 1.06. The number of hydrogen-bond donors (Lipinski definition) is 2. The minimum Gasteiger partial charge on any atom is -0.316 e. The Labute approximate surface area is 100.0 Å². The van der Waals surface area contributed by atoms with E-state index in [1.54, 1.807) is 0 Å². The smallest absolute Gasteiger partial charge is 0.0192 e. The molecule has 2 N–H and O–H groups in total. The van der Waals surface area contributed by atoms with Crippen LogP contribution < -0.4 is 10.6 Å². The van der Waals surface area contributed by atoms with Crippen LogP contribution in [0.2, 0.25) is 0 Å². The highest BCUT2D eigenvalue weighted by atomic mass is 15.2. The quantitative estimate of drug-likeness (QED) is 0.732. The maximum Gasteiger partial charge on any atom is 0.0192 e. The van der Waals surface area contributed by atoms with Crippen molar-refractivity contribution in [3.05, 3.63) is 0 Å². The molecule has 3 heteroatoms. The summed E-state index contributed by atoms with van der Waals surface area (Å²) in [5.74, 6) is 0.861. The molecule has 0 aromatic rings. The zero-order valence-corrected chi connectivity index (χ0v) is 10.7. The number of nitrogens with zero attached hydrogens (tertiary/aromatic N) is 1. The third-order valence-electron chi connectivity index (χ3n) is 4.04. The molecule has 0 radical (unpaired) electrons. The lowest BCUT2D eigenvalue weighted by molar-refractivity contribution is 0.245. The first-order chi connectivity index (χ1) is 7.86. The number of piperidine rings is 1. The number of likely N-dealkylation sites (tertiary alicyclic amines) is 1. The van der Waals surface area contributed by atoms with Crippen molar-refractivity contribution >= 4 is 0 Å². The maximum absolute atomic E-state index is 3.65. The Balaban J connectivity index is 1.56. The average molecular weight is 225 g/mol. The monoisotopic (exact) mass is 225 g/mol. The van der Waals surface area contributed by atoms with E-state index in [-0.39, 0.29) is 0 Å². The van der Waals surface area contributed by atoms with Gasteiger partial charge in [0, 0.05) is 12.6 Å². The van der Waals surface area contributed by atoms with Gasteiger partial charge in [-0.25, -0.2) is 0 Å². The van der Waals surface area contributed by atoms with Gasteiger partial charge in [-0.05, 0) is 71.2 Å². The lowest BCUT2D eigenvalue weighted by Gasteiger charge is -2.27. The lowest BCUT2D eigenvalue weighted by Crippen LogP contribution is -2.42. The molecule has 2 aliphatic heterocycles. The van der Waals surface area contributed by atoms with Crippen molar-refractivity contribution in [1.29, 1.82) is 0 Å². The van der Waals surface area contributed by atoms with E-state index >= 15 is 0 Å². The van der Waals surface area contributed by atoms with E-state index in [2.05, 4.69) is 22.5 Å². The molecule has 0 aliphatic carbocycles. The van der Waals surface area contributed by atoms with Crippen LogP contribution in [0.3, 0.4) is 0 Å². The second-order valence-electron chi connectivity index (χ2n) is 5.46. The summed E-state index contributed by atoms with van der Waals surface area (Å²) in [6, 6.07) is 0.721. The van der Waals surface area contributed by atoms with Crippen LogP contribution in [-0.2, 0) is 0 Å². The number of rotatable bonds is 5. The van der Waals surface area contributed by atoms with Crippen LogP contribution in [0.15, 0.2) is 0 Å². The van der Waals surface area contributed by atoms with Crippen molar-refractivity contribution in [2.24, 2.45) is 5.92 Å². The molecule has 2 heterocycles. The van der Waals surface area contributed by atoms with Gasteiger partial charge in [0.1, 0.15) is 0 Å². The SMILES string of the molecule is CC(CNCC1CCCNC1)N1CCCC1. The van der Waals surface area contributed by atoms with Gasteiger partial charge in [0.25, 0.3) is 0 Å². The molecule has 3 nitrogen and oxygen atoms in total. The Bertz CT molecular complexity index is 184. The number of hydrogen-bond acceptors (Lipinski definition) is 3. The minimum absolute atomic E-state index is 0.721. The van der Waals surface area contributed by atoms with Crippen molar-refractivity contribution in [1.82, 2.24) is 15.5 Å². The summed E-state index contributed by atoms with van der Waals surface area (Å²) in [6.07, 6.45) is 5.56. The van der Waals surface area contributed by atoms with E-state index in [0.29, 0.717) is 0 Å². The van der Waals surface area contributed by atoms with E-state index in [0.717, 1.165) is 18.5 Å². The highest BCUT2D eigenvalue weighted by Crippen LogP contribution is 2.11. The molecule has 16 heavy (non-hydrogen) atoms. The summed E-state index contributed by atoms with van der Waals surface area (Å²) in [4.78, 5) is 2.62. The van der Waals surface area contributed by atoms with E-state index in [1.165, 1.54) is 58.4 Å². The maximum atomic E-state index is 3.65. The molecule has 0 amide bonds. The molecule has 2 saturated heterocycles. The van der Waals surface area contributed by atoms with E-state index in [4.69, 9.17) is 0 Å². The molecule has 0 bridgehead atoms. The second-order valence-corrected chi connectivity index (χ2v) is 5.46. The zero-order chi connectivity index (χ0) is 11.2. The Kier molecular flexibility index (Phi) is 5.07. The highest BCUT2D eigenvalue weighted by molar-refractivity contribution is 4.76. The van der Waals surface area contributed by atoms with Gasteiger partial charge in [-0.15, -0.1) is 0 Å². The van der Waals surface area contributed by atoms with Gasteiger partial charge in [-0.1, -0.05) is 0 Å². The van der Waals surface area contributed by atoms with Crippen LogP contribution in [0.25, 0.3) is 0 Å².